The van der Waals surface area contributed by atoms with Crippen molar-refractivity contribution in [2.45, 2.75) is 75.8 Å². The summed E-state index contributed by atoms with van der Waals surface area (Å²) in [4.78, 5) is 31.2. The van der Waals surface area contributed by atoms with Crippen molar-refractivity contribution in [1.29, 1.82) is 0 Å². The first kappa shape index (κ1) is 26.2. The number of carbonyl (C=O) groups excluding carboxylic acids is 2. The molecule has 3 fully saturated rings. The lowest BCUT2D eigenvalue weighted by atomic mass is 9.82. The Hall–Kier alpha value is -3.06. The van der Waals surface area contributed by atoms with Crippen LogP contribution in [0.5, 0.6) is 0 Å². The van der Waals surface area contributed by atoms with Gasteiger partial charge in [-0.05, 0) is 57.1 Å². The highest BCUT2D eigenvalue weighted by molar-refractivity contribution is 7.15. The molecule has 2 N–H and O–H groups in total. The lowest BCUT2D eigenvalue weighted by molar-refractivity contribution is -0.117. The van der Waals surface area contributed by atoms with E-state index in [9.17, 15) is 14.0 Å². The SMILES string of the molecule is CC1(F)CN(c2cccc(CC(=O)Nc3nnc([C@H]4CCC[C@H](c5nnc(NC(=O)CC6CC6)s5)C4)s3)n2)C1. The van der Waals surface area contributed by atoms with Crippen LogP contribution in [0.3, 0.4) is 0 Å². The van der Waals surface area contributed by atoms with Crippen molar-refractivity contribution in [3.8, 4) is 0 Å². The molecule has 0 bridgehead atoms. The minimum Gasteiger partial charge on any atom is -0.350 e. The van der Waals surface area contributed by atoms with E-state index in [1.165, 1.54) is 22.7 Å². The van der Waals surface area contributed by atoms with Crippen LogP contribution in [-0.2, 0) is 16.0 Å². The maximum absolute atomic E-state index is 13.9. The number of carbonyl (C=O) groups is 2. The maximum Gasteiger partial charge on any atom is 0.232 e. The Morgan fingerprint density at radius 2 is 1.62 bits per heavy atom. The van der Waals surface area contributed by atoms with Crippen molar-refractivity contribution in [2.75, 3.05) is 28.6 Å². The van der Waals surface area contributed by atoms with E-state index in [1.807, 2.05) is 17.0 Å². The molecule has 1 aliphatic heterocycles. The van der Waals surface area contributed by atoms with Crippen LogP contribution in [0.15, 0.2) is 18.2 Å². The second-order valence-electron chi connectivity index (χ2n) is 11.1. The Morgan fingerprint density at radius 1 is 0.974 bits per heavy atom. The lowest BCUT2D eigenvalue weighted by Gasteiger charge is -2.43. The third-order valence-electron chi connectivity index (χ3n) is 7.42. The van der Waals surface area contributed by atoms with Gasteiger partial charge < -0.3 is 15.5 Å². The summed E-state index contributed by atoms with van der Waals surface area (Å²) in [6.07, 6.45) is 6.91. The quantitative estimate of drug-likeness (QED) is 0.379. The summed E-state index contributed by atoms with van der Waals surface area (Å²) < 4.78 is 13.9. The molecule has 1 saturated heterocycles. The summed E-state index contributed by atoms with van der Waals surface area (Å²) >= 11 is 2.87. The lowest BCUT2D eigenvalue weighted by Crippen LogP contribution is -2.57. The molecule has 0 unspecified atom stereocenters. The summed E-state index contributed by atoms with van der Waals surface area (Å²) in [5.41, 5.74) is -0.562. The van der Waals surface area contributed by atoms with Crippen LogP contribution in [0, 0.1) is 5.92 Å². The normalized spacial score (nSPS) is 22.3. The molecule has 2 atom stereocenters. The Morgan fingerprint density at radius 3 is 2.23 bits per heavy atom. The molecule has 0 spiro atoms. The van der Waals surface area contributed by atoms with Crippen LogP contribution < -0.4 is 15.5 Å². The van der Waals surface area contributed by atoms with E-state index < -0.39 is 5.67 Å². The molecule has 39 heavy (non-hydrogen) atoms. The Labute approximate surface area is 233 Å². The number of nitrogens with one attached hydrogen (secondary N) is 2. The molecular weight excluding hydrogens is 539 g/mol. The smallest absolute Gasteiger partial charge is 0.232 e. The zero-order valence-electron chi connectivity index (χ0n) is 21.7. The third-order valence-corrected chi connectivity index (χ3v) is 9.42. The topological polar surface area (TPSA) is 126 Å². The van der Waals surface area contributed by atoms with E-state index in [0.29, 0.717) is 47.2 Å². The Bertz CT molecular complexity index is 1350. The van der Waals surface area contributed by atoms with E-state index in [1.54, 1.807) is 13.0 Å². The van der Waals surface area contributed by atoms with Crippen LogP contribution in [0.4, 0.5) is 20.5 Å². The van der Waals surface area contributed by atoms with Gasteiger partial charge >= 0.3 is 0 Å². The fourth-order valence-corrected chi connectivity index (χ4v) is 7.09. The fraction of sp³-hybridized carbons (Fsp3) is 0.577. The zero-order chi connectivity index (χ0) is 27.0. The van der Waals surface area contributed by atoms with Crippen molar-refractivity contribution in [3.05, 3.63) is 33.9 Å². The van der Waals surface area contributed by atoms with Gasteiger partial charge in [-0.15, -0.1) is 20.4 Å². The summed E-state index contributed by atoms with van der Waals surface area (Å²) in [6.45, 7) is 2.19. The number of rotatable bonds is 9. The minimum absolute atomic E-state index is 0.0223. The first-order valence-corrected chi connectivity index (χ1v) is 15.1. The summed E-state index contributed by atoms with van der Waals surface area (Å²) in [5, 5.41) is 25.8. The highest BCUT2D eigenvalue weighted by atomic mass is 32.1. The number of alkyl halides is 1. The van der Waals surface area contributed by atoms with E-state index in [-0.39, 0.29) is 30.1 Å². The summed E-state index contributed by atoms with van der Waals surface area (Å²) in [7, 11) is 0. The molecule has 10 nitrogen and oxygen atoms in total. The van der Waals surface area contributed by atoms with Gasteiger partial charge in [-0.3, -0.25) is 9.59 Å². The molecule has 2 amide bonds. The number of aromatic nitrogens is 5. The highest BCUT2D eigenvalue weighted by Crippen LogP contribution is 2.43. The van der Waals surface area contributed by atoms with Gasteiger partial charge in [0.05, 0.1) is 25.2 Å². The first-order valence-electron chi connectivity index (χ1n) is 13.5. The average molecular weight is 571 g/mol. The monoisotopic (exact) mass is 570 g/mol. The van der Waals surface area contributed by atoms with Crippen LogP contribution >= 0.6 is 22.7 Å². The Balaban J connectivity index is 1.02. The van der Waals surface area contributed by atoms with Gasteiger partial charge in [-0.1, -0.05) is 35.2 Å². The average Bonchev–Trinajstić information content (AvgIpc) is 3.37. The summed E-state index contributed by atoms with van der Waals surface area (Å²) in [5.74, 6) is 1.52. The molecule has 13 heteroatoms. The number of anilines is 3. The van der Waals surface area contributed by atoms with Gasteiger partial charge in [0, 0.05) is 18.3 Å². The first-order chi connectivity index (χ1) is 18.8. The number of hydrogen-bond donors (Lipinski definition) is 2. The van der Waals surface area contributed by atoms with Gasteiger partial charge in [-0.25, -0.2) is 9.37 Å². The van der Waals surface area contributed by atoms with E-state index in [2.05, 4.69) is 36.0 Å². The minimum atomic E-state index is -1.18. The van der Waals surface area contributed by atoms with Gasteiger partial charge in [0.2, 0.25) is 22.1 Å². The van der Waals surface area contributed by atoms with Crippen LogP contribution in [0.2, 0.25) is 0 Å². The molecule has 2 saturated carbocycles. The van der Waals surface area contributed by atoms with Crippen molar-refractivity contribution >= 4 is 50.6 Å². The zero-order valence-corrected chi connectivity index (χ0v) is 23.4. The highest BCUT2D eigenvalue weighted by Gasteiger charge is 2.39. The predicted molar refractivity (Wildman–Crippen MR) is 148 cm³/mol. The molecule has 2 aliphatic carbocycles. The number of pyridine rings is 1. The van der Waals surface area contributed by atoms with E-state index >= 15 is 0 Å². The van der Waals surface area contributed by atoms with Crippen molar-refractivity contribution in [2.24, 2.45) is 5.92 Å². The van der Waals surface area contributed by atoms with Crippen molar-refractivity contribution in [1.82, 2.24) is 25.4 Å². The molecule has 3 aromatic rings. The molecule has 3 aliphatic rings. The molecular formula is C26H31FN8O2S2. The molecule has 4 heterocycles. The van der Waals surface area contributed by atoms with Gasteiger partial charge in [0.1, 0.15) is 21.5 Å². The van der Waals surface area contributed by atoms with Crippen LogP contribution in [-0.4, -0.2) is 56.0 Å². The predicted octanol–water partition coefficient (Wildman–Crippen LogP) is 4.69. The molecule has 6 rings (SSSR count). The van der Waals surface area contributed by atoms with E-state index in [0.717, 1.165) is 48.5 Å². The number of hydrogen-bond acceptors (Lipinski definition) is 10. The number of amides is 2. The Kier molecular flexibility index (Phi) is 7.27. The van der Waals surface area contributed by atoms with Crippen LogP contribution in [0.1, 0.15) is 79.4 Å². The third kappa shape index (κ3) is 6.57. The molecule has 206 valence electrons. The van der Waals surface area contributed by atoms with Gasteiger partial charge in [0.25, 0.3) is 0 Å². The standard InChI is InChI=1S/C26H31FN8O2S2/c1-26(27)13-35(14-26)19-7-3-6-18(28-19)12-21(37)30-25-34-32-23(39-25)17-5-2-4-16(11-17)22-31-33-24(38-22)29-20(36)10-15-8-9-15/h3,6-7,15-17H,2,4-5,8-14H2,1H3,(H,29,33,36)(H,30,34,37)/t16-,17-/m0/s1. The molecule has 0 radical (unpaired) electrons. The molecule has 0 aromatic carbocycles. The van der Waals surface area contributed by atoms with Gasteiger partial charge in [-0.2, -0.15) is 0 Å². The second kappa shape index (κ2) is 10.8. The van der Waals surface area contributed by atoms with Crippen LogP contribution in [0.25, 0.3) is 0 Å². The van der Waals surface area contributed by atoms with Crippen molar-refractivity contribution < 1.29 is 14.0 Å². The number of nitrogens with zero attached hydrogens (tertiary/aromatic N) is 6. The van der Waals surface area contributed by atoms with E-state index in [4.69, 9.17) is 0 Å². The number of halogens is 1. The van der Waals surface area contributed by atoms with Gasteiger partial charge in [0.15, 0.2) is 0 Å². The molecule has 3 aromatic heterocycles. The fourth-order valence-electron chi connectivity index (χ4n) is 5.27. The maximum atomic E-state index is 13.9. The van der Waals surface area contributed by atoms with Crippen molar-refractivity contribution in [3.63, 3.8) is 0 Å². The largest absolute Gasteiger partial charge is 0.350 e. The second-order valence-corrected chi connectivity index (χ2v) is 13.1. The summed E-state index contributed by atoms with van der Waals surface area (Å²) in [6, 6.07) is 5.46.